The van der Waals surface area contributed by atoms with Crippen LogP contribution in [0, 0.1) is 0 Å². The highest BCUT2D eigenvalue weighted by Gasteiger charge is 2.22. The third kappa shape index (κ3) is 3.68. The van der Waals surface area contributed by atoms with E-state index >= 15 is 0 Å². The highest BCUT2D eigenvalue weighted by molar-refractivity contribution is 7.21. The normalized spacial score (nSPS) is 14.1. The van der Waals surface area contributed by atoms with Crippen LogP contribution in [0.5, 0.6) is 11.1 Å². The number of hydrogen-bond acceptors (Lipinski definition) is 9. The van der Waals surface area contributed by atoms with Gasteiger partial charge in [0.2, 0.25) is 0 Å². The first kappa shape index (κ1) is 20.4. The molecule has 4 N–H and O–H groups in total. The molecule has 12 heteroatoms. The number of benzene rings is 1. The van der Waals surface area contributed by atoms with Crippen molar-refractivity contribution in [2.45, 2.75) is 0 Å². The van der Waals surface area contributed by atoms with Gasteiger partial charge in [0, 0.05) is 30.1 Å². The predicted octanol–water partition coefficient (Wildman–Crippen LogP) is 2.17. The number of fused-ring (bicyclic) bond motifs is 2. The van der Waals surface area contributed by atoms with Gasteiger partial charge in [-0.2, -0.15) is 5.10 Å². The van der Waals surface area contributed by atoms with Crippen molar-refractivity contribution in [3.8, 4) is 22.5 Å². The molecule has 5 aromatic rings. The van der Waals surface area contributed by atoms with Crippen LogP contribution in [0.4, 0.5) is 5.82 Å². The molecule has 0 atom stereocenters. The van der Waals surface area contributed by atoms with Gasteiger partial charge in [-0.3, -0.25) is 9.89 Å². The number of anilines is 1. The second-order valence-electron chi connectivity index (χ2n) is 7.66. The smallest absolute Gasteiger partial charge is 0.378 e. The lowest BCUT2D eigenvalue weighted by molar-refractivity contribution is -0.396. The van der Waals surface area contributed by atoms with E-state index in [0.29, 0.717) is 24.1 Å². The lowest BCUT2D eigenvalue weighted by atomic mass is 10.1. The van der Waals surface area contributed by atoms with Crippen LogP contribution in [0.2, 0.25) is 0 Å². The molecular weight excluding hydrogens is 456 g/mol. The van der Waals surface area contributed by atoms with Crippen LogP contribution in [0.15, 0.2) is 42.9 Å². The van der Waals surface area contributed by atoms with Crippen molar-refractivity contribution >= 4 is 44.2 Å². The molecule has 1 aliphatic heterocycles. The summed E-state index contributed by atoms with van der Waals surface area (Å²) in [5.41, 5.74) is 8.12. The second-order valence-corrected chi connectivity index (χ2v) is 8.68. The van der Waals surface area contributed by atoms with Gasteiger partial charge in [0.15, 0.2) is 22.9 Å². The van der Waals surface area contributed by atoms with E-state index in [2.05, 4.69) is 25.1 Å². The van der Waals surface area contributed by atoms with Crippen molar-refractivity contribution in [1.82, 2.24) is 25.1 Å². The Labute approximate surface area is 196 Å². The Morgan fingerprint density at radius 1 is 1.24 bits per heavy atom. The first-order chi connectivity index (χ1) is 16.7. The predicted molar refractivity (Wildman–Crippen MR) is 125 cm³/mol. The molecule has 6 rings (SSSR count). The van der Waals surface area contributed by atoms with Gasteiger partial charge in [-0.1, -0.05) is 23.5 Å². The number of nitrogens with zero attached hydrogens (tertiary/aromatic N) is 5. The molecule has 1 aromatic carbocycles. The molecule has 1 amide bonds. The zero-order chi connectivity index (χ0) is 23.1. The third-order valence-corrected chi connectivity index (χ3v) is 6.52. The number of morpholine rings is 1. The molecular formula is C22H19N8O3S+. The molecule has 0 saturated carbocycles. The van der Waals surface area contributed by atoms with Crippen LogP contribution in [-0.2, 0) is 4.74 Å². The molecule has 1 aliphatic rings. The summed E-state index contributed by atoms with van der Waals surface area (Å²) in [7, 11) is 0. The molecule has 170 valence electrons. The van der Waals surface area contributed by atoms with E-state index in [1.807, 2.05) is 24.3 Å². The number of aromatic amines is 2. The minimum Gasteiger partial charge on any atom is -0.378 e. The average molecular weight is 476 g/mol. The highest BCUT2D eigenvalue weighted by Crippen LogP contribution is 2.39. The molecule has 0 bridgehead atoms. The molecule has 1 saturated heterocycles. The number of aromatic nitrogens is 6. The second kappa shape index (κ2) is 8.32. The number of nitrogens with one attached hydrogen (secondary N) is 2. The van der Waals surface area contributed by atoms with E-state index in [1.165, 1.54) is 23.7 Å². The lowest BCUT2D eigenvalue weighted by Gasteiger charge is -2.28. The molecule has 11 nitrogen and oxygen atoms in total. The monoisotopic (exact) mass is 475 g/mol. The third-order valence-electron chi connectivity index (χ3n) is 5.52. The van der Waals surface area contributed by atoms with E-state index in [4.69, 9.17) is 25.2 Å². The largest absolute Gasteiger partial charge is 0.502 e. The minimum atomic E-state index is -0.567. The molecule has 0 radical (unpaired) electrons. The summed E-state index contributed by atoms with van der Waals surface area (Å²) in [6.07, 6.45) is 4.61. The van der Waals surface area contributed by atoms with Gasteiger partial charge in [0.25, 0.3) is 5.91 Å². The summed E-state index contributed by atoms with van der Waals surface area (Å²) in [4.78, 5) is 30.3. The number of primary amides is 1. The fourth-order valence-corrected chi connectivity index (χ4v) is 4.81. The molecule has 0 spiro atoms. The number of nitrogens with two attached hydrogens (primary N) is 1. The van der Waals surface area contributed by atoms with Gasteiger partial charge in [0.05, 0.1) is 35.1 Å². The quantitative estimate of drug-likeness (QED) is 0.393. The van der Waals surface area contributed by atoms with Gasteiger partial charge in [-0.25, -0.2) is 15.0 Å². The van der Waals surface area contributed by atoms with Crippen LogP contribution in [0.25, 0.3) is 32.5 Å². The number of H-pyrrole nitrogens is 2. The molecule has 34 heavy (non-hydrogen) atoms. The average Bonchev–Trinajstić information content (AvgIpc) is 3.50. The van der Waals surface area contributed by atoms with Gasteiger partial charge in [0.1, 0.15) is 11.8 Å². The Morgan fingerprint density at radius 3 is 2.91 bits per heavy atom. The Balaban J connectivity index is 1.45. The van der Waals surface area contributed by atoms with E-state index < -0.39 is 5.91 Å². The fourth-order valence-electron chi connectivity index (χ4n) is 3.84. The number of ether oxygens (including phenoxy) is 2. The maximum atomic E-state index is 11.3. The number of hydrogen-bond donors (Lipinski definition) is 2. The van der Waals surface area contributed by atoms with Crippen molar-refractivity contribution in [3.05, 3.63) is 48.4 Å². The molecule has 0 unspecified atom stereocenters. The van der Waals surface area contributed by atoms with Crippen molar-refractivity contribution < 1.29 is 19.3 Å². The summed E-state index contributed by atoms with van der Waals surface area (Å²) in [6.45, 7) is 2.74. The van der Waals surface area contributed by atoms with Crippen LogP contribution >= 0.6 is 11.3 Å². The first-order valence-electron chi connectivity index (χ1n) is 10.6. The van der Waals surface area contributed by atoms with Crippen molar-refractivity contribution in [3.63, 3.8) is 0 Å². The van der Waals surface area contributed by atoms with Crippen molar-refractivity contribution in [2.75, 3.05) is 31.2 Å². The fraction of sp³-hybridized carbons (Fsp3) is 0.182. The summed E-state index contributed by atoms with van der Waals surface area (Å²) in [5.74, 6) is 0.883. The number of thiophene rings is 1. The van der Waals surface area contributed by atoms with Gasteiger partial charge in [-0.15, -0.1) is 0 Å². The maximum Gasteiger partial charge on any atom is 0.502 e. The standard InChI is InChI=1S/C22H18N8O3S/c23-19(31)12-9-24-22(25-10-12)33-17-8-16-18(34-17)21(30-4-6-32-7-5-30)28-20(27-16)13-2-1-3-15-14(13)11-26-29-15/h1-3,8-11H,4-7H2,(H2,23,31)(H,26,29)/p+1. The van der Waals surface area contributed by atoms with Crippen molar-refractivity contribution in [2.24, 2.45) is 5.73 Å². The summed E-state index contributed by atoms with van der Waals surface area (Å²) < 4.78 is 12.4. The van der Waals surface area contributed by atoms with E-state index in [-0.39, 0.29) is 11.6 Å². The topological polar surface area (TPSA) is 146 Å². The Morgan fingerprint density at radius 2 is 2.12 bits per heavy atom. The Bertz CT molecular complexity index is 1510. The zero-order valence-corrected chi connectivity index (χ0v) is 18.6. The number of amides is 1. The molecule has 5 heterocycles. The maximum absolute atomic E-state index is 11.3. The minimum absolute atomic E-state index is 0.237. The number of rotatable bonds is 5. The summed E-state index contributed by atoms with van der Waals surface area (Å²) in [5, 5.41) is 8.71. The van der Waals surface area contributed by atoms with Crippen molar-refractivity contribution in [1.29, 1.82) is 0 Å². The van der Waals surface area contributed by atoms with E-state index in [1.54, 1.807) is 6.20 Å². The zero-order valence-electron chi connectivity index (χ0n) is 17.8. The first-order valence-corrected chi connectivity index (χ1v) is 11.4. The summed E-state index contributed by atoms with van der Waals surface area (Å²) >= 11 is 1.43. The van der Waals surface area contributed by atoms with Crippen LogP contribution in [0.3, 0.4) is 0 Å². The molecule has 4 aromatic heterocycles. The molecule has 1 fully saturated rings. The number of carbonyl (C=O) groups is 1. The Hall–Kier alpha value is -4.16. The van der Waals surface area contributed by atoms with Gasteiger partial charge < -0.3 is 20.1 Å². The summed E-state index contributed by atoms with van der Waals surface area (Å²) in [6, 6.07) is 8.02. The van der Waals surface area contributed by atoms with Crippen LogP contribution in [0.1, 0.15) is 10.4 Å². The van der Waals surface area contributed by atoms with E-state index in [0.717, 1.165) is 45.6 Å². The highest BCUT2D eigenvalue weighted by atomic mass is 32.1. The van der Waals surface area contributed by atoms with Gasteiger partial charge >= 0.3 is 6.01 Å². The van der Waals surface area contributed by atoms with E-state index in [9.17, 15) is 4.79 Å². The molecule has 0 aliphatic carbocycles. The number of carbonyl (C=O) groups excluding carboxylic acids is 1. The van der Waals surface area contributed by atoms with Gasteiger partial charge in [-0.05, 0) is 11.1 Å². The lowest BCUT2D eigenvalue weighted by Crippen LogP contribution is -2.36. The van der Waals surface area contributed by atoms with Crippen LogP contribution in [-0.4, -0.2) is 57.4 Å². The Kier molecular flexibility index (Phi) is 5.00. The SMILES string of the molecule is NC(=O)c1cnc(Oc2cc3nc(-c4cccc5[nH]ncc45)nc(N4CCOCC4)c3s2)[nH+]c1. The van der Waals surface area contributed by atoms with Crippen LogP contribution < -0.4 is 20.4 Å².